The lowest BCUT2D eigenvalue weighted by Crippen LogP contribution is -2.44. The molecule has 2 aromatic carbocycles. The van der Waals surface area contributed by atoms with E-state index in [0.717, 1.165) is 45.0 Å². The number of pyridine rings is 1. The van der Waals surface area contributed by atoms with Crippen molar-refractivity contribution in [2.75, 3.05) is 25.5 Å². The van der Waals surface area contributed by atoms with Gasteiger partial charge in [-0.05, 0) is 61.7 Å². The summed E-state index contributed by atoms with van der Waals surface area (Å²) in [5, 5.41) is 19.7. The maximum atomic E-state index is 11.6. The van der Waals surface area contributed by atoms with Crippen molar-refractivity contribution in [3.8, 4) is 27.8 Å². The average molecular weight is 571 g/mol. The largest absolute Gasteiger partial charge is 0.497 e. The summed E-state index contributed by atoms with van der Waals surface area (Å²) >= 11 is 1.65. The lowest BCUT2D eigenvalue weighted by molar-refractivity contribution is 0.133. The summed E-state index contributed by atoms with van der Waals surface area (Å²) in [6, 6.07) is 17.4. The van der Waals surface area contributed by atoms with Gasteiger partial charge in [0, 0.05) is 48.0 Å². The quantitative estimate of drug-likeness (QED) is 0.224. The van der Waals surface area contributed by atoms with E-state index in [4.69, 9.17) is 14.6 Å². The highest BCUT2D eigenvalue weighted by Gasteiger charge is 2.26. The molecule has 11 heteroatoms. The fraction of sp³-hybridized carbons (Fsp3) is 0.267. The van der Waals surface area contributed by atoms with Crippen molar-refractivity contribution in [1.29, 1.82) is 0 Å². The number of thiazole rings is 1. The lowest BCUT2D eigenvalue weighted by Gasteiger charge is -2.31. The molecule has 0 spiro atoms. The Kier molecular flexibility index (Phi) is 7.43. The Balaban J connectivity index is 1.34. The molecule has 1 saturated heterocycles. The molecule has 10 nitrogen and oxygen atoms in total. The predicted octanol–water partition coefficient (Wildman–Crippen LogP) is 6.27. The molecule has 1 fully saturated rings. The van der Waals surface area contributed by atoms with Crippen LogP contribution in [0.3, 0.4) is 0 Å². The van der Waals surface area contributed by atoms with Gasteiger partial charge in [0.25, 0.3) is 0 Å². The van der Waals surface area contributed by atoms with Gasteiger partial charge in [0.1, 0.15) is 27.6 Å². The van der Waals surface area contributed by atoms with Gasteiger partial charge in [-0.1, -0.05) is 12.1 Å². The number of methoxy groups -OCH3 is 1. The van der Waals surface area contributed by atoms with Gasteiger partial charge in [-0.15, -0.1) is 11.3 Å². The van der Waals surface area contributed by atoms with Crippen molar-refractivity contribution < 1.29 is 19.4 Å². The van der Waals surface area contributed by atoms with E-state index in [-0.39, 0.29) is 6.04 Å². The van der Waals surface area contributed by atoms with Crippen molar-refractivity contribution >= 4 is 34.3 Å². The molecule has 4 heterocycles. The van der Waals surface area contributed by atoms with E-state index < -0.39 is 6.09 Å². The molecule has 1 aliphatic heterocycles. The number of anilines is 1. The lowest BCUT2D eigenvalue weighted by atomic mass is 10.1. The first-order chi connectivity index (χ1) is 20.0. The minimum absolute atomic E-state index is 0.0820. The summed E-state index contributed by atoms with van der Waals surface area (Å²) in [6.07, 6.45) is 4.30. The molecule has 1 aliphatic rings. The first-order valence-corrected chi connectivity index (χ1v) is 14.2. The molecule has 0 saturated carbocycles. The van der Waals surface area contributed by atoms with Crippen LogP contribution in [0.5, 0.6) is 17.2 Å². The molecule has 5 aromatic rings. The fourth-order valence-corrected chi connectivity index (χ4v) is 5.78. The van der Waals surface area contributed by atoms with Gasteiger partial charge in [-0.2, -0.15) is 5.10 Å². The first-order valence-electron chi connectivity index (χ1n) is 13.4. The SMILES string of the molecule is COc1ccc(Cn2nc(N[C@@H]3CCCN(C(=O)O)C3)c3c(Oc4ccc(-c5ncc(C)s5)cc4)ccnc32)cc1. The van der Waals surface area contributed by atoms with Gasteiger partial charge < -0.3 is 24.8 Å². The number of hydrogen-bond acceptors (Lipinski definition) is 8. The Morgan fingerprint density at radius 3 is 2.59 bits per heavy atom. The number of carbonyl (C=O) groups is 1. The summed E-state index contributed by atoms with van der Waals surface area (Å²) in [4.78, 5) is 23.4. The van der Waals surface area contributed by atoms with E-state index >= 15 is 0 Å². The number of benzene rings is 2. The summed E-state index contributed by atoms with van der Waals surface area (Å²) in [5.74, 6) is 2.69. The molecule has 0 unspecified atom stereocenters. The standard InChI is InChI=1S/C30H30N6O4S/c1-19-16-32-29(41-19)21-7-11-24(12-8-21)40-25-13-14-31-28-26(25)27(33-22-4-3-15-35(18-22)30(37)38)34-36(28)17-20-5-9-23(39-2)10-6-20/h5-14,16,22H,3-4,15,17-18H2,1-2H3,(H,33,34)(H,37,38)/t22-/m1/s1. The van der Waals surface area contributed by atoms with E-state index in [1.54, 1.807) is 24.6 Å². The molecule has 210 valence electrons. The Morgan fingerprint density at radius 2 is 1.88 bits per heavy atom. The molecule has 3 aromatic heterocycles. The number of nitrogens with one attached hydrogen (secondary N) is 1. The number of aryl methyl sites for hydroxylation is 1. The van der Waals surface area contributed by atoms with Gasteiger partial charge in [-0.3, -0.25) is 0 Å². The molecule has 6 rings (SSSR count). The third kappa shape index (κ3) is 5.80. The van der Waals surface area contributed by atoms with Crippen molar-refractivity contribution in [3.05, 3.63) is 77.4 Å². The van der Waals surface area contributed by atoms with Gasteiger partial charge in [0.15, 0.2) is 11.5 Å². The number of aromatic nitrogens is 4. The predicted molar refractivity (Wildman–Crippen MR) is 158 cm³/mol. The van der Waals surface area contributed by atoms with Crippen LogP contribution in [-0.2, 0) is 6.54 Å². The van der Waals surface area contributed by atoms with Crippen LogP contribution in [0.25, 0.3) is 21.6 Å². The smallest absolute Gasteiger partial charge is 0.407 e. The summed E-state index contributed by atoms with van der Waals surface area (Å²) in [5.41, 5.74) is 2.74. The van der Waals surface area contributed by atoms with Crippen LogP contribution in [0.1, 0.15) is 23.3 Å². The minimum atomic E-state index is -0.909. The monoisotopic (exact) mass is 570 g/mol. The Labute approximate surface area is 241 Å². The summed E-state index contributed by atoms with van der Waals surface area (Å²) < 4.78 is 13.5. The van der Waals surface area contributed by atoms with Gasteiger partial charge >= 0.3 is 6.09 Å². The maximum absolute atomic E-state index is 11.6. The topological polar surface area (TPSA) is 115 Å². The number of hydrogen-bond donors (Lipinski definition) is 2. The van der Waals surface area contributed by atoms with Crippen molar-refractivity contribution in [2.24, 2.45) is 0 Å². The molecule has 0 radical (unpaired) electrons. The number of rotatable bonds is 8. The number of amides is 1. The van der Waals surface area contributed by atoms with Crippen LogP contribution in [0, 0.1) is 6.92 Å². The average Bonchev–Trinajstić information content (AvgIpc) is 3.58. The molecule has 0 bridgehead atoms. The van der Waals surface area contributed by atoms with Crippen LogP contribution in [0.15, 0.2) is 67.0 Å². The number of carboxylic acid groups (broad SMARTS) is 1. The molecule has 41 heavy (non-hydrogen) atoms. The highest BCUT2D eigenvalue weighted by atomic mass is 32.1. The molecule has 2 N–H and O–H groups in total. The second-order valence-corrected chi connectivity index (χ2v) is 11.2. The van der Waals surface area contributed by atoms with Crippen LogP contribution in [0.4, 0.5) is 10.6 Å². The van der Waals surface area contributed by atoms with Crippen LogP contribution < -0.4 is 14.8 Å². The third-order valence-electron chi connectivity index (χ3n) is 7.07. The number of fused-ring (bicyclic) bond motifs is 1. The number of likely N-dealkylation sites (tertiary alicyclic amines) is 1. The number of ether oxygens (including phenoxy) is 2. The van der Waals surface area contributed by atoms with Crippen molar-refractivity contribution in [3.63, 3.8) is 0 Å². The highest BCUT2D eigenvalue weighted by molar-refractivity contribution is 7.14. The van der Waals surface area contributed by atoms with E-state index in [9.17, 15) is 9.90 Å². The van der Waals surface area contributed by atoms with E-state index in [0.29, 0.717) is 42.6 Å². The zero-order chi connectivity index (χ0) is 28.3. The zero-order valence-corrected chi connectivity index (χ0v) is 23.6. The second-order valence-electron chi connectivity index (χ2n) is 9.98. The Bertz CT molecular complexity index is 1670. The van der Waals surface area contributed by atoms with Gasteiger partial charge in [0.2, 0.25) is 0 Å². The number of piperidine rings is 1. The molecular formula is C30H30N6O4S. The summed E-state index contributed by atoms with van der Waals surface area (Å²) in [7, 11) is 1.64. The first kappa shape index (κ1) is 26.6. The highest BCUT2D eigenvalue weighted by Crippen LogP contribution is 2.36. The van der Waals surface area contributed by atoms with Crippen LogP contribution >= 0.6 is 11.3 Å². The normalized spacial score (nSPS) is 15.2. The van der Waals surface area contributed by atoms with E-state index in [1.807, 2.05) is 72.4 Å². The van der Waals surface area contributed by atoms with Gasteiger partial charge in [-0.25, -0.2) is 19.4 Å². The fourth-order valence-electron chi connectivity index (χ4n) is 5.01. The maximum Gasteiger partial charge on any atom is 0.407 e. The minimum Gasteiger partial charge on any atom is -0.497 e. The Hall–Kier alpha value is -4.64. The van der Waals surface area contributed by atoms with E-state index in [2.05, 4.69) is 15.3 Å². The Morgan fingerprint density at radius 1 is 1.10 bits per heavy atom. The zero-order valence-electron chi connectivity index (χ0n) is 22.8. The second kappa shape index (κ2) is 11.5. The van der Waals surface area contributed by atoms with Crippen molar-refractivity contribution in [1.82, 2.24) is 24.6 Å². The van der Waals surface area contributed by atoms with Crippen LogP contribution in [0.2, 0.25) is 0 Å². The van der Waals surface area contributed by atoms with Gasteiger partial charge in [0.05, 0.1) is 13.7 Å². The molecule has 0 aliphatic carbocycles. The van der Waals surface area contributed by atoms with Crippen LogP contribution in [-0.4, -0.2) is 62.1 Å². The molecule has 1 atom stereocenters. The molecular weight excluding hydrogens is 540 g/mol. The van der Waals surface area contributed by atoms with Crippen molar-refractivity contribution in [2.45, 2.75) is 32.4 Å². The summed E-state index contributed by atoms with van der Waals surface area (Å²) in [6.45, 7) is 3.45. The number of nitrogens with zero attached hydrogens (tertiary/aromatic N) is 5. The third-order valence-corrected chi connectivity index (χ3v) is 8.03. The molecule has 1 amide bonds. The van der Waals surface area contributed by atoms with E-state index in [1.165, 1.54) is 4.90 Å².